The van der Waals surface area contributed by atoms with E-state index in [9.17, 15) is 9.90 Å². The summed E-state index contributed by atoms with van der Waals surface area (Å²) >= 11 is 0. The number of aromatic nitrogens is 1. The number of aliphatic hydroxyl groups is 1. The molecule has 1 aromatic heterocycles. The maximum atomic E-state index is 12.3. The van der Waals surface area contributed by atoms with E-state index < -0.39 is 5.41 Å². The van der Waals surface area contributed by atoms with Crippen LogP contribution in [-0.4, -0.2) is 22.8 Å². The lowest BCUT2D eigenvalue weighted by atomic mass is 9.93. The van der Waals surface area contributed by atoms with Gasteiger partial charge in [0.2, 0.25) is 0 Å². The molecule has 5 nitrogen and oxygen atoms in total. The van der Waals surface area contributed by atoms with Crippen LogP contribution in [0.3, 0.4) is 0 Å². The maximum absolute atomic E-state index is 12.3. The second kappa shape index (κ2) is 7.24. The van der Waals surface area contributed by atoms with Crippen LogP contribution >= 0.6 is 0 Å². The molecule has 1 aliphatic rings. The van der Waals surface area contributed by atoms with Gasteiger partial charge in [0, 0.05) is 11.1 Å². The Balaban J connectivity index is 1.56. The highest BCUT2D eigenvalue weighted by Gasteiger charge is 2.52. The van der Waals surface area contributed by atoms with Gasteiger partial charge in [-0.3, -0.25) is 4.79 Å². The van der Waals surface area contributed by atoms with Crippen molar-refractivity contribution >= 4 is 5.97 Å². The minimum atomic E-state index is -0.441. The minimum Gasteiger partial charge on any atom is -0.465 e. The summed E-state index contributed by atoms with van der Waals surface area (Å²) in [4.78, 5) is 12.3. The Bertz CT molecular complexity index is 982. The first-order chi connectivity index (χ1) is 13.6. The summed E-state index contributed by atoms with van der Waals surface area (Å²) in [5.74, 6) is 0.487. The van der Waals surface area contributed by atoms with Crippen LogP contribution in [0.25, 0.3) is 22.5 Å². The van der Waals surface area contributed by atoms with Gasteiger partial charge >= 0.3 is 5.97 Å². The van der Waals surface area contributed by atoms with E-state index in [1.807, 2.05) is 62.4 Å². The normalized spacial score (nSPS) is 14.7. The van der Waals surface area contributed by atoms with Crippen LogP contribution in [0.1, 0.15) is 36.6 Å². The molecule has 0 bridgehead atoms. The number of ether oxygens (including phenoxy) is 1. The van der Waals surface area contributed by atoms with E-state index in [1.54, 1.807) is 0 Å². The first-order valence-electron chi connectivity index (χ1n) is 9.53. The maximum Gasteiger partial charge on any atom is 0.316 e. The number of esters is 1. The predicted octanol–water partition coefficient (Wildman–Crippen LogP) is 4.40. The largest absolute Gasteiger partial charge is 0.465 e. The zero-order valence-electron chi connectivity index (χ0n) is 16.1. The van der Waals surface area contributed by atoms with Gasteiger partial charge in [-0.15, -0.1) is 0 Å². The summed E-state index contributed by atoms with van der Waals surface area (Å²) in [7, 11) is 0. The topological polar surface area (TPSA) is 72.6 Å². The molecule has 0 aliphatic heterocycles. The lowest BCUT2D eigenvalue weighted by Crippen LogP contribution is -2.23. The zero-order valence-corrected chi connectivity index (χ0v) is 16.1. The highest BCUT2D eigenvalue weighted by molar-refractivity contribution is 5.87. The lowest BCUT2D eigenvalue weighted by molar-refractivity contribution is -0.146. The number of hydrogen-bond donors (Lipinski definition) is 1. The third-order valence-electron chi connectivity index (χ3n) is 5.48. The number of nitrogens with zero attached hydrogens (tertiary/aromatic N) is 1. The number of benzene rings is 2. The van der Waals surface area contributed by atoms with Crippen molar-refractivity contribution in [2.75, 3.05) is 6.61 Å². The van der Waals surface area contributed by atoms with Crippen molar-refractivity contribution in [2.24, 2.45) is 0 Å². The van der Waals surface area contributed by atoms with E-state index in [4.69, 9.17) is 9.26 Å². The van der Waals surface area contributed by atoms with Crippen LogP contribution in [0.15, 0.2) is 53.1 Å². The van der Waals surface area contributed by atoms with Crippen LogP contribution in [0.2, 0.25) is 0 Å². The first kappa shape index (κ1) is 18.4. The van der Waals surface area contributed by atoms with Crippen molar-refractivity contribution < 1.29 is 19.2 Å². The van der Waals surface area contributed by atoms with Gasteiger partial charge in [0.05, 0.1) is 24.3 Å². The molecule has 1 fully saturated rings. The van der Waals surface area contributed by atoms with Crippen LogP contribution in [0, 0.1) is 6.92 Å². The Morgan fingerprint density at radius 1 is 1.07 bits per heavy atom. The van der Waals surface area contributed by atoms with Gasteiger partial charge in [0.25, 0.3) is 0 Å². The molecule has 144 valence electrons. The fourth-order valence-corrected chi connectivity index (χ4v) is 3.60. The van der Waals surface area contributed by atoms with Crippen molar-refractivity contribution in [2.45, 2.75) is 38.7 Å². The molecule has 4 rings (SSSR count). The van der Waals surface area contributed by atoms with E-state index in [-0.39, 0.29) is 12.6 Å². The smallest absolute Gasteiger partial charge is 0.316 e. The zero-order chi connectivity index (χ0) is 19.7. The number of carbonyl (C=O) groups excluding carboxylic acids is 1. The van der Waals surface area contributed by atoms with Crippen molar-refractivity contribution in [3.63, 3.8) is 0 Å². The number of rotatable bonds is 6. The third-order valence-corrected chi connectivity index (χ3v) is 5.48. The predicted molar refractivity (Wildman–Crippen MR) is 106 cm³/mol. The van der Waals surface area contributed by atoms with Gasteiger partial charge < -0.3 is 14.4 Å². The molecule has 0 atom stereocenters. The van der Waals surface area contributed by atoms with E-state index in [1.165, 1.54) is 0 Å². The van der Waals surface area contributed by atoms with E-state index in [2.05, 4.69) is 5.16 Å². The highest BCUT2D eigenvalue weighted by atomic mass is 16.5. The standard InChI is InChI=1S/C23H23NO4/c1-3-27-22(26)23(12-13-23)19-10-8-17(9-11-19)16-4-6-18(7-5-16)21-20(14-25)15(2)24-28-21/h4-11,25H,3,12-14H2,1-2H3. The van der Waals surface area contributed by atoms with Crippen LogP contribution in [0.4, 0.5) is 0 Å². The molecular weight excluding hydrogens is 354 g/mol. The Labute approximate surface area is 163 Å². The molecule has 1 N–H and O–H groups in total. The van der Waals surface area contributed by atoms with Crippen molar-refractivity contribution in [3.8, 4) is 22.5 Å². The van der Waals surface area contributed by atoms with Gasteiger partial charge in [-0.25, -0.2) is 0 Å². The van der Waals surface area contributed by atoms with Gasteiger partial charge in [-0.2, -0.15) is 0 Å². The number of carbonyl (C=O) groups is 1. The summed E-state index contributed by atoms with van der Waals surface area (Å²) in [5.41, 5.74) is 5.02. The van der Waals surface area contributed by atoms with Gasteiger partial charge in [0.15, 0.2) is 5.76 Å². The molecule has 5 heteroatoms. The van der Waals surface area contributed by atoms with Crippen LogP contribution < -0.4 is 0 Å². The van der Waals surface area contributed by atoms with E-state index >= 15 is 0 Å². The van der Waals surface area contributed by atoms with Gasteiger partial charge in [-0.05, 0) is 43.4 Å². The third kappa shape index (κ3) is 3.12. The fourth-order valence-electron chi connectivity index (χ4n) is 3.60. The van der Waals surface area contributed by atoms with Crippen molar-refractivity contribution in [1.29, 1.82) is 0 Å². The van der Waals surface area contributed by atoms with Crippen LogP contribution in [0.5, 0.6) is 0 Å². The second-order valence-corrected chi connectivity index (χ2v) is 7.19. The lowest BCUT2D eigenvalue weighted by Gasteiger charge is -2.14. The average Bonchev–Trinajstić information content (AvgIpc) is 3.46. The van der Waals surface area contributed by atoms with Crippen molar-refractivity contribution in [3.05, 3.63) is 65.4 Å². The molecule has 0 radical (unpaired) electrons. The van der Waals surface area contributed by atoms with E-state index in [0.717, 1.165) is 35.1 Å². The molecule has 2 aromatic carbocycles. The Kier molecular flexibility index (Phi) is 4.77. The average molecular weight is 377 g/mol. The minimum absolute atomic E-state index is 0.101. The molecule has 3 aromatic rings. The molecule has 1 aliphatic carbocycles. The molecule has 0 amide bonds. The van der Waals surface area contributed by atoms with Gasteiger partial charge in [0.1, 0.15) is 0 Å². The Hall–Kier alpha value is -2.92. The van der Waals surface area contributed by atoms with Gasteiger partial charge in [-0.1, -0.05) is 53.7 Å². The second-order valence-electron chi connectivity index (χ2n) is 7.19. The number of aryl methyl sites for hydroxylation is 1. The summed E-state index contributed by atoms with van der Waals surface area (Å²) in [6.45, 7) is 3.96. The number of aliphatic hydroxyl groups excluding tert-OH is 1. The molecule has 0 spiro atoms. The quantitative estimate of drug-likeness (QED) is 0.645. The van der Waals surface area contributed by atoms with Crippen LogP contribution in [-0.2, 0) is 21.6 Å². The molecule has 0 saturated heterocycles. The molecule has 0 unspecified atom stereocenters. The SMILES string of the molecule is CCOC(=O)C1(c2ccc(-c3ccc(-c4onc(C)c4CO)cc3)cc2)CC1. The fraction of sp³-hybridized carbons (Fsp3) is 0.304. The van der Waals surface area contributed by atoms with Crippen molar-refractivity contribution in [1.82, 2.24) is 5.16 Å². The summed E-state index contributed by atoms with van der Waals surface area (Å²) < 4.78 is 10.6. The monoisotopic (exact) mass is 377 g/mol. The van der Waals surface area contributed by atoms with E-state index in [0.29, 0.717) is 23.6 Å². The summed E-state index contributed by atoms with van der Waals surface area (Å²) in [5, 5.41) is 13.5. The first-order valence-corrected chi connectivity index (χ1v) is 9.53. The summed E-state index contributed by atoms with van der Waals surface area (Å²) in [6, 6.07) is 16.1. The molecule has 28 heavy (non-hydrogen) atoms. The number of hydrogen-bond acceptors (Lipinski definition) is 5. The molecule has 1 heterocycles. The summed E-state index contributed by atoms with van der Waals surface area (Å²) in [6.07, 6.45) is 1.70. The Morgan fingerprint density at radius 3 is 2.18 bits per heavy atom. The molecular formula is C23H23NO4. The molecule has 1 saturated carbocycles. The Morgan fingerprint density at radius 2 is 1.64 bits per heavy atom. The highest BCUT2D eigenvalue weighted by Crippen LogP contribution is 2.49.